The van der Waals surface area contributed by atoms with E-state index < -0.39 is 0 Å². The van der Waals surface area contributed by atoms with E-state index in [9.17, 15) is 0 Å². The van der Waals surface area contributed by atoms with E-state index in [1.807, 2.05) is 24.3 Å². The van der Waals surface area contributed by atoms with E-state index >= 15 is 0 Å². The number of aryl methyl sites for hydroxylation is 1. The third-order valence-corrected chi connectivity index (χ3v) is 2.50. The molecule has 1 nitrogen and oxygen atoms in total. The zero-order valence-corrected chi connectivity index (χ0v) is 9.23. The molecule has 0 saturated carbocycles. The molecule has 2 rings (SSSR count). The van der Waals surface area contributed by atoms with Crippen LogP contribution < -0.4 is 0 Å². The molecule has 0 aliphatic heterocycles. The first-order valence-corrected chi connectivity index (χ1v) is 5.53. The minimum atomic E-state index is 0.749. The Kier molecular flexibility index (Phi) is 2.61. The molecule has 0 fully saturated rings. The number of benzene rings is 1. The Morgan fingerprint density at radius 1 is 1.31 bits per heavy atom. The molecule has 1 aromatic carbocycles. The summed E-state index contributed by atoms with van der Waals surface area (Å²) in [7, 11) is 0. The summed E-state index contributed by atoms with van der Waals surface area (Å²) < 4.78 is 5.57. The van der Waals surface area contributed by atoms with Crippen LogP contribution in [0.15, 0.2) is 28.7 Å². The lowest BCUT2D eigenvalue weighted by molar-refractivity contribution is 0.559. The number of alkyl halides is 1. The summed E-state index contributed by atoms with van der Waals surface area (Å²) in [5, 5.41) is 2.74. The molecule has 0 unspecified atom stereocenters. The molecular formula is C10H8BrClO. The van der Waals surface area contributed by atoms with Gasteiger partial charge in [0.1, 0.15) is 11.3 Å². The normalized spacial score (nSPS) is 10.9. The van der Waals surface area contributed by atoms with Gasteiger partial charge in [0.2, 0.25) is 0 Å². The van der Waals surface area contributed by atoms with Gasteiger partial charge in [-0.2, -0.15) is 0 Å². The zero-order valence-electron chi connectivity index (χ0n) is 6.89. The van der Waals surface area contributed by atoms with Crippen LogP contribution in [-0.4, -0.2) is 5.33 Å². The highest BCUT2D eigenvalue weighted by molar-refractivity contribution is 9.09. The van der Waals surface area contributed by atoms with Crippen LogP contribution >= 0.6 is 27.5 Å². The Morgan fingerprint density at radius 2 is 2.15 bits per heavy atom. The molecule has 0 saturated heterocycles. The number of fused-ring (bicyclic) bond motifs is 1. The van der Waals surface area contributed by atoms with Crippen LogP contribution in [0.1, 0.15) is 5.76 Å². The molecule has 0 bridgehead atoms. The van der Waals surface area contributed by atoms with Crippen molar-refractivity contribution in [3.8, 4) is 0 Å². The maximum Gasteiger partial charge on any atom is 0.134 e. The van der Waals surface area contributed by atoms with Crippen molar-refractivity contribution in [2.24, 2.45) is 0 Å². The minimum absolute atomic E-state index is 0.749. The quantitative estimate of drug-likeness (QED) is 0.742. The average Bonchev–Trinajstić information content (AvgIpc) is 2.46. The van der Waals surface area contributed by atoms with Gasteiger partial charge in [0.25, 0.3) is 0 Å². The number of hydrogen-bond acceptors (Lipinski definition) is 1. The van der Waals surface area contributed by atoms with Crippen molar-refractivity contribution in [2.45, 2.75) is 6.42 Å². The molecule has 0 atom stereocenters. The van der Waals surface area contributed by atoms with Gasteiger partial charge in [-0.05, 0) is 24.3 Å². The van der Waals surface area contributed by atoms with Gasteiger partial charge in [-0.15, -0.1) is 0 Å². The van der Waals surface area contributed by atoms with Gasteiger partial charge in [0, 0.05) is 22.2 Å². The van der Waals surface area contributed by atoms with Crippen LogP contribution in [0.2, 0.25) is 5.02 Å². The highest BCUT2D eigenvalue weighted by Gasteiger charge is 2.02. The first-order chi connectivity index (χ1) is 6.29. The molecule has 1 heterocycles. The number of halogens is 2. The number of rotatable bonds is 2. The van der Waals surface area contributed by atoms with E-state index in [1.54, 1.807) is 0 Å². The van der Waals surface area contributed by atoms with Crippen molar-refractivity contribution in [1.29, 1.82) is 0 Å². The zero-order chi connectivity index (χ0) is 9.26. The Hall–Kier alpha value is -0.470. The molecule has 0 aliphatic carbocycles. The van der Waals surface area contributed by atoms with Crippen LogP contribution in [0.5, 0.6) is 0 Å². The Morgan fingerprint density at radius 3 is 2.92 bits per heavy atom. The maximum atomic E-state index is 5.85. The molecular weight excluding hydrogens is 251 g/mol. The minimum Gasteiger partial charge on any atom is -0.461 e. The Bertz CT molecular complexity index is 422. The molecule has 0 amide bonds. The van der Waals surface area contributed by atoms with Gasteiger partial charge in [-0.25, -0.2) is 0 Å². The van der Waals surface area contributed by atoms with Gasteiger partial charge in [0.05, 0.1) is 0 Å². The topological polar surface area (TPSA) is 13.1 Å². The van der Waals surface area contributed by atoms with Crippen LogP contribution in [0.25, 0.3) is 11.0 Å². The highest BCUT2D eigenvalue weighted by Crippen LogP contribution is 2.23. The molecule has 0 aliphatic rings. The summed E-state index contributed by atoms with van der Waals surface area (Å²) in [5.41, 5.74) is 0.903. The van der Waals surface area contributed by atoms with Crippen molar-refractivity contribution >= 4 is 38.5 Å². The van der Waals surface area contributed by atoms with Gasteiger partial charge < -0.3 is 4.42 Å². The van der Waals surface area contributed by atoms with Crippen LogP contribution in [0, 0.1) is 0 Å². The fourth-order valence-electron chi connectivity index (χ4n) is 1.29. The summed E-state index contributed by atoms with van der Waals surface area (Å²) in [6.07, 6.45) is 0.909. The fourth-order valence-corrected chi connectivity index (χ4v) is 1.86. The van der Waals surface area contributed by atoms with Gasteiger partial charge in [-0.1, -0.05) is 27.5 Å². The van der Waals surface area contributed by atoms with Gasteiger partial charge in [0.15, 0.2) is 0 Å². The SMILES string of the molecule is Clc1ccc2oc(CCBr)cc2c1. The van der Waals surface area contributed by atoms with Gasteiger partial charge >= 0.3 is 0 Å². The average molecular weight is 260 g/mol. The molecule has 0 spiro atoms. The largest absolute Gasteiger partial charge is 0.461 e. The third-order valence-electron chi connectivity index (χ3n) is 1.87. The summed E-state index contributed by atoms with van der Waals surface area (Å²) >= 11 is 9.23. The Labute approximate surface area is 89.8 Å². The van der Waals surface area contributed by atoms with Gasteiger partial charge in [-0.3, -0.25) is 0 Å². The maximum absolute atomic E-state index is 5.85. The van der Waals surface area contributed by atoms with E-state index in [1.165, 1.54) is 0 Å². The molecule has 13 heavy (non-hydrogen) atoms. The van der Waals surface area contributed by atoms with Crippen molar-refractivity contribution < 1.29 is 4.42 Å². The Balaban J connectivity index is 2.49. The van der Waals surface area contributed by atoms with E-state index in [4.69, 9.17) is 16.0 Å². The monoisotopic (exact) mass is 258 g/mol. The summed E-state index contributed by atoms with van der Waals surface area (Å²) in [6.45, 7) is 0. The molecule has 2 aromatic rings. The predicted octanol–water partition coefficient (Wildman–Crippen LogP) is 4.02. The molecule has 0 N–H and O–H groups in total. The van der Waals surface area contributed by atoms with Crippen LogP contribution in [-0.2, 0) is 6.42 Å². The highest BCUT2D eigenvalue weighted by atomic mass is 79.9. The van der Waals surface area contributed by atoms with E-state index in [-0.39, 0.29) is 0 Å². The smallest absolute Gasteiger partial charge is 0.134 e. The molecule has 68 valence electrons. The first-order valence-electron chi connectivity index (χ1n) is 4.03. The molecule has 0 radical (unpaired) electrons. The van der Waals surface area contributed by atoms with E-state index in [0.29, 0.717) is 0 Å². The molecule has 1 aromatic heterocycles. The lowest BCUT2D eigenvalue weighted by Gasteiger charge is -1.88. The van der Waals surface area contributed by atoms with Crippen LogP contribution in [0.3, 0.4) is 0 Å². The lowest BCUT2D eigenvalue weighted by atomic mass is 10.2. The first kappa shape index (κ1) is 9.10. The van der Waals surface area contributed by atoms with Crippen molar-refractivity contribution in [3.63, 3.8) is 0 Å². The summed E-state index contributed by atoms with van der Waals surface area (Å²) in [4.78, 5) is 0. The van der Waals surface area contributed by atoms with Crippen LogP contribution in [0.4, 0.5) is 0 Å². The van der Waals surface area contributed by atoms with E-state index in [2.05, 4.69) is 15.9 Å². The summed E-state index contributed by atoms with van der Waals surface area (Å²) in [6, 6.07) is 7.68. The third kappa shape index (κ3) is 1.89. The lowest BCUT2D eigenvalue weighted by Crippen LogP contribution is -1.78. The second kappa shape index (κ2) is 3.72. The second-order valence-corrected chi connectivity index (χ2v) is 4.06. The fraction of sp³-hybridized carbons (Fsp3) is 0.200. The summed E-state index contributed by atoms with van der Waals surface area (Å²) in [5.74, 6) is 0.995. The number of furan rings is 1. The van der Waals surface area contributed by atoms with Crippen molar-refractivity contribution in [1.82, 2.24) is 0 Å². The predicted molar refractivity (Wildman–Crippen MR) is 58.7 cm³/mol. The molecule has 3 heteroatoms. The van der Waals surface area contributed by atoms with Crippen molar-refractivity contribution in [3.05, 3.63) is 35.0 Å². The second-order valence-electron chi connectivity index (χ2n) is 2.83. The number of hydrogen-bond donors (Lipinski definition) is 0. The standard InChI is InChI=1S/C10H8BrClO/c11-4-3-9-6-7-5-8(12)1-2-10(7)13-9/h1-2,5-6H,3-4H2. The van der Waals surface area contributed by atoms with Crippen molar-refractivity contribution in [2.75, 3.05) is 5.33 Å². The van der Waals surface area contributed by atoms with E-state index in [0.717, 1.165) is 33.5 Å².